The highest BCUT2D eigenvalue weighted by Crippen LogP contribution is 2.14. The second kappa shape index (κ2) is 7.09. The highest BCUT2D eigenvalue weighted by Gasteiger charge is 2.12. The fraction of sp³-hybridized carbons (Fsp3) is 0.583. The Morgan fingerprint density at radius 2 is 2.18 bits per heavy atom. The van der Waals surface area contributed by atoms with Gasteiger partial charge in [-0.15, -0.1) is 0 Å². The van der Waals surface area contributed by atoms with E-state index in [9.17, 15) is 4.79 Å². The van der Waals surface area contributed by atoms with Gasteiger partial charge in [0, 0.05) is 6.61 Å². The lowest BCUT2D eigenvalue weighted by Gasteiger charge is -2.01. The van der Waals surface area contributed by atoms with Crippen LogP contribution in [0.25, 0.3) is 0 Å². The summed E-state index contributed by atoms with van der Waals surface area (Å²) in [5, 5.41) is 20.6. The second-order valence-electron chi connectivity index (χ2n) is 3.95. The first-order valence-electron chi connectivity index (χ1n) is 5.79. The van der Waals surface area contributed by atoms with Gasteiger partial charge in [-0.25, -0.2) is 4.79 Å². The van der Waals surface area contributed by atoms with Gasteiger partial charge in [-0.3, -0.25) is 0 Å². The Bertz CT molecular complexity index is 359. The van der Waals surface area contributed by atoms with Crippen LogP contribution in [0.15, 0.2) is 10.5 Å². The van der Waals surface area contributed by atoms with Crippen LogP contribution in [0.3, 0.4) is 0 Å². The van der Waals surface area contributed by atoms with Crippen LogP contribution in [0.5, 0.6) is 0 Å². The number of aliphatic hydroxyl groups excluding tert-OH is 1. The first kappa shape index (κ1) is 13.7. The lowest BCUT2D eigenvalue weighted by Crippen LogP contribution is -2.14. The number of hydrogen-bond acceptors (Lipinski definition) is 4. The average molecular weight is 241 g/mol. The smallest absolute Gasteiger partial charge is 0.339 e. The monoisotopic (exact) mass is 241 g/mol. The molecule has 0 amide bonds. The molecule has 0 bridgehead atoms. The normalized spacial score (nSPS) is 10.7. The summed E-state index contributed by atoms with van der Waals surface area (Å²) >= 11 is 0. The Morgan fingerprint density at radius 3 is 2.76 bits per heavy atom. The molecule has 0 atom stereocenters. The summed E-state index contributed by atoms with van der Waals surface area (Å²) < 4.78 is 5.32. The molecule has 0 aromatic carbocycles. The third-order valence-electron chi connectivity index (χ3n) is 2.51. The van der Waals surface area contributed by atoms with E-state index in [1.807, 2.05) is 0 Å². The van der Waals surface area contributed by atoms with Gasteiger partial charge in [0.1, 0.15) is 17.1 Å². The number of unbranched alkanes of at least 4 members (excludes halogenated alkanes) is 2. The maximum Gasteiger partial charge on any atom is 0.339 e. The van der Waals surface area contributed by atoms with Gasteiger partial charge in [0.15, 0.2) is 0 Å². The molecule has 0 spiro atoms. The Balaban J connectivity index is 2.27. The summed E-state index contributed by atoms with van der Waals surface area (Å²) in [5.41, 5.74) is 0.224. The number of aliphatic hydroxyl groups is 1. The molecule has 96 valence electrons. The Hall–Kier alpha value is -1.33. The number of carboxylic acids is 1. The van der Waals surface area contributed by atoms with Crippen molar-refractivity contribution in [1.82, 2.24) is 5.32 Å². The van der Waals surface area contributed by atoms with E-state index in [0.29, 0.717) is 18.1 Å². The van der Waals surface area contributed by atoms with Gasteiger partial charge in [-0.1, -0.05) is 0 Å². The van der Waals surface area contributed by atoms with E-state index >= 15 is 0 Å². The van der Waals surface area contributed by atoms with Gasteiger partial charge < -0.3 is 19.9 Å². The van der Waals surface area contributed by atoms with Crippen LogP contribution in [0.1, 0.15) is 41.1 Å². The number of aromatic carboxylic acids is 1. The minimum absolute atomic E-state index is 0.224. The third kappa shape index (κ3) is 4.58. The maximum atomic E-state index is 10.8. The maximum absolute atomic E-state index is 10.8. The van der Waals surface area contributed by atoms with Crippen LogP contribution in [0, 0.1) is 6.92 Å². The molecule has 5 heteroatoms. The average Bonchev–Trinajstić information content (AvgIpc) is 2.65. The zero-order chi connectivity index (χ0) is 12.7. The predicted molar refractivity (Wildman–Crippen MR) is 63.0 cm³/mol. The van der Waals surface area contributed by atoms with Crippen molar-refractivity contribution in [2.45, 2.75) is 32.7 Å². The Kier molecular flexibility index (Phi) is 5.72. The number of nitrogens with one attached hydrogen (secondary N) is 1. The standard InChI is InChI=1S/C12H19NO4/c1-9-11(12(15)16)7-10(17-9)8-13-5-3-2-4-6-14/h7,13-14H,2-6,8H2,1H3,(H,15,16). The van der Waals surface area contributed by atoms with Crippen LogP contribution in [-0.2, 0) is 6.54 Å². The van der Waals surface area contributed by atoms with Crippen molar-refractivity contribution in [3.05, 3.63) is 23.2 Å². The summed E-state index contributed by atoms with van der Waals surface area (Å²) in [6.45, 7) is 3.25. The van der Waals surface area contributed by atoms with Gasteiger partial charge in [0.05, 0.1) is 6.54 Å². The van der Waals surface area contributed by atoms with Gasteiger partial charge in [0.25, 0.3) is 0 Å². The van der Waals surface area contributed by atoms with Crippen LogP contribution in [0.4, 0.5) is 0 Å². The molecule has 0 aliphatic heterocycles. The topological polar surface area (TPSA) is 82.7 Å². The fourth-order valence-corrected chi connectivity index (χ4v) is 1.59. The molecule has 0 saturated heterocycles. The summed E-state index contributed by atoms with van der Waals surface area (Å²) in [7, 11) is 0. The molecule has 0 fully saturated rings. The Morgan fingerprint density at radius 1 is 1.41 bits per heavy atom. The van der Waals surface area contributed by atoms with E-state index < -0.39 is 5.97 Å². The Labute approximate surface area is 100 Å². The molecule has 0 radical (unpaired) electrons. The lowest BCUT2D eigenvalue weighted by molar-refractivity contribution is 0.0695. The molecule has 0 saturated carbocycles. The van der Waals surface area contributed by atoms with E-state index in [-0.39, 0.29) is 12.2 Å². The van der Waals surface area contributed by atoms with Gasteiger partial charge >= 0.3 is 5.97 Å². The van der Waals surface area contributed by atoms with Crippen LogP contribution >= 0.6 is 0 Å². The molecule has 1 aromatic heterocycles. The predicted octanol–water partition coefficient (Wildman–Crippen LogP) is 1.54. The number of hydrogen-bond donors (Lipinski definition) is 3. The first-order valence-corrected chi connectivity index (χ1v) is 5.79. The van der Waals surface area contributed by atoms with E-state index in [0.717, 1.165) is 25.8 Å². The molecular weight excluding hydrogens is 222 g/mol. The van der Waals surface area contributed by atoms with Crippen molar-refractivity contribution < 1.29 is 19.4 Å². The summed E-state index contributed by atoms with van der Waals surface area (Å²) in [5.74, 6) is 0.122. The molecule has 0 unspecified atom stereocenters. The van der Waals surface area contributed by atoms with E-state index in [1.165, 1.54) is 0 Å². The van der Waals surface area contributed by atoms with Gasteiger partial charge in [-0.05, 0) is 38.8 Å². The zero-order valence-corrected chi connectivity index (χ0v) is 10.0. The fourth-order valence-electron chi connectivity index (χ4n) is 1.59. The van der Waals surface area contributed by atoms with E-state index in [1.54, 1.807) is 13.0 Å². The zero-order valence-electron chi connectivity index (χ0n) is 10.0. The van der Waals surface area contributed by atoms with Crippen molar-refractivity contribution in [3.8, 4) is 0 Å². The van der Waals surface area contributed by atoms with Crippen LogP contribution < -0.4 is 5.32 Å². The highest BCUT2D eigenvalue weighted by molar-refractivity contribution is 5.88. The van der Waals surface area contributed by atoms with Gasteiger partial charge in [0.2, 0.25) is 0 Å². The molecular formula is C12H19NO4. The number of rotatable bonds is 8. The summed E-state index contributed by atoms with van der Waals surface area (Å²) in [6, 6.07) is 1.55. The van der Waals surface area contributed by atoms with Crippen molar-refractivity contribution >= 4 is 5.97 Å². The minimum atomic E-state index is -0.958. The number of carbonyl (C=O) groups is 1. The molecule has 1 rings (SSSR count). The summed E-state index contributed by atoms with van der Waals surface area (Å²) in [4.78, 5) is 10.8. The lowest BCUT2D eigenvalue weighted by atomic mass is 10.2. The number of furan rings is 1. The molecule has 5 nitrogen and oxygen atoms in total. The quantitative estimate of drug-likeness (QED) is 0.601. The highest BCUT2D eigenvalue weighted by atomic mass is 16.4. The molecule has 1 aromatic rings. The number of aryl methyl sites for hydroxylation is 1. The molecule has 0 aliphatic carbocycles. The van der Waals surface area contributed by atoms with E-state index in [4.69, 9.17) is 14.6 Å². The number of carboxylic acid groups (broad SMARTS) is 1. The van der Waals surface area contributed by atoms with Crippen molar-refractivity contribution in [2.75, 3.05) is 13.2 Å². The minimum Gasteiger partial charge on any atom is -0.478 e. The second-order valence-corrected chi connectivity index (χ2v) is 3.95. The van der Waals surface area contributed by atoms with Gasteiger partial charge in [-0.2, -0.15) is 0 Å². The molecule has 0 aliphatic rings. The molecule has 3 N–H and O–H groups in total. The summed E-state index contributed by atoms with van der Waals surface area (Å²) in [6.07, 6.45) is 2.80. The van der Waals surface area contributed by atoms with Crippen molar-refractivity contribution in [1.29, 1.82) is 0 Å². The third-order valence-corrected chi connectivity index (χ3v) is 2.51. The van der Waals surface area contributed by atoms with E-state index in [2.05, 4.69) is 5.32 Å². The van der Waals surface area contributed by atoms with Crippen LogP contribution in [-0.4, -0.2) is 29.3 Å². The SMILES string of the molecule is Cc1oc(CNCCCCCO)cc1C(=O)O. The molecule has 1 heterocycles. The van der Waals surface area contributed by atoms with Crippen LogP contribution in [0.2, 0.25) is 0 Å². The largest absolute Gasteiger partial charge is 0.478 e. The van der Waals surface area contributed by atoms with Crippen molar-refractivity contribution in [2.24, 2.45) is 0 Å². The van der Waals surface area contributed by atoms with Crippen molar-refractivity contribution in [3.63, 3.8) is 0 Å². The molecule has 17 heavy (non-hydrogen) atoms. The first-order chi connectivity index (χ1) is 8.15.